The molecular formula is C12H11N5. The van der Waals surface area contributed by atoms with E-state index < -0.39 is 0 Å². The minimum atomic E-state index is 0.585. The zero-order chi connectivity index (χ0) is 11.8. The third-order valence-corrected chi connectivity index (χ3v) is 2.73. The summed E-state index contributed by atoms with van der Waals surface area (Å²) in [5.41, 5.74) is 8.65. The lowest BCUT2D eigenvalue weighted by Crippen LogP contribution is -1.93. The van der Waals surface area contributed by atoms with Crippen molar-refractivity contribution in [2.75, 3.05) is 5.73 Å². The van der Waals surface area contributed by atoms with Crippen LogP contribution in [-0.2, 0) is 0 Å². The van der Waals surface area contributed by atoms with Gasteiger partial charge in [0.05, 0.1) is 0 Å². The van der Waals surface area contributed by atoms with Gasteiger partial charge in [0.15, 0.2) is 5.82 Å². The lowest BCUT2D eigenvalue weighted by molar-refractivity contribution is 1.10. The molecule has 2 N–H and O–H groups in total. The molecule has 0 amide bonds. The van der Waals surface area contributed by atoms with Crippen LogP contribution in [0.5, 0.6) is 0 Å². The Bertz CT molecular complexity index is 686. The average molecular weight is 225 g/mol. The number of nitrogens with zero attached hydrogens (tertiary/aromatic N) is 4. The maximum atomic E-state index is 5.90. The number of rotatable bonds is 1. The van der Waals surface area contributed by atoms with Crippen molar-refractivity contribution in [3.8, 4) is 11.4 Å². The van der Waals surface area contributed by atoms with Crippen molar-refractivity contribution in [1.29, 1.82) is 0 Å². The number of nitrogen functional groups attached to an aromatic ring is 1. The number of fused-ring (bicyclic) bond motifs is 1. The molecule has 17 heavy (non-hydrogen) atoms. The molecule has 0 saturated carbocycles. The van der Waals surface area contributed by atoms with Gasteiger partial charge in [0.25, 0.3) is 5.78 Å². The summed E-state index contributed by atoms with van der Waals surface area (Å²) in [6, 6.07) is 7.70. The van der Waals surface area contributed by atoms with Gasteiger partial charge in [-0.25, -0.2) is 4.98 Å². The Labute approximate surface area is 97.9 Å². The fraction of sp³-hybridized carbons (Fsp3) is 0.0833. The van der Waals surface area contributed by atoms with E-state index in [9.17, 15) is 0 Å². The Morgan fingerprint density at radius 1 is 1.24 bits per heavy atom. The van der Waals surface area contributed by atoms with E-state index >= 15 is 0 Å². The Balaban J connectivity index is 2.24. The highest BCUT2D eigenvalue weighted by atomic mass is 15.3. The van der Waals surface area contributed by atoms with Crippen molar-refractivity contribution in [2.45, 2.75) is 6.92 Å². The normalized spacial score (nSPS) is 10.9. The van der Waals surface area contributed by atoms with Crippen molar-refractivity contribution in [1.82, 2.24) is 19.6 Å². The second-order valence-electron chi connectivity index (χ2n) is 3.88. The fourth-order valence-corrected chi connectivity index (χ4v) is 1.72. The minimum absolute atomic E-state index is 0.585. The molecule has 0 saturated heterocycles. The Morgan fingerprint density at radius 3 is 2.94 bits per heavy atom. The van der Waals surface area contributed by atoms with E-state index in [1.807, 2.05) is 41.8 Å². The van der Waals surface area contributed by atoms with E-state index in [1.165, 1.54) is 0 Å². The van der Waals surface area contributed by atoms with Crippen molar-refractivity contribution in [2.24, 2.45) is 0 Å². The van der Waals surface area contributed by atoms with E-state index in [0.717, 1.165) is 22.6 Å². The van der Waals surface area contributed by atoms with E-state index in [4.69, 9.17) is 5.73 Å². The van der Waals surface area contributed by atoms with E-state index in [1.54, 1.807) is 6.20 Å². The van der Waals surface area contributed by atoms with Crippen LogP contribution < -0.4 is 5.73 Å². The molecule has 3 rings (SSSR count). The zero-order valence-corrected chi connectivity index (χ0v) is 9.33. The Kier molecular flexibility index (Phi) is 2.04. The molecule has 1 aromatic carbocycles. The first kappa shape index (κ1) is 9.77. The minimum Gasteiger partial charge on any atom is -0.398 e. The predicted octanol–water partition coefficient (Wildman–Crippen LogP) is 1.68. The maximum Gasteiger partial charge on any atom is 0.255 e. The summed E-state index contributed by atoms with van der Waals surface area (Å²) in [6.45, 7) is 1.97. The molecule has 0 radical (unpaired) electrons. The van der Waals surface area contributed by atoms with Gasteiger partial charge in [0.1, 0.15) is 0 Å². The first-order chi connectivity index (χ1) is 8.25. The van der Waals surface area contributed by atoms with Gasteiger partial charge in [0.2, 0.25) is 0 Å². The van der Waals surface area contributed by atoms with Gasteiger partial charge in [-0.05, 0) is 24.6 Å². The van der Waals surface area contributed by atoms with Crippen LogP contribution in [-0.4, -0.2) is 19.6 Å². The summed E-state index contributed by atoms with van der Waals surface area (Å²) in [5, 5.41) is 8.14. The smallest absolute Gasteiger partial charge is 0.255 e. The molecule has 84 valence electrons. The highest BCUT2D eigenvalue weighted by Gasteiger charge is 2.08. The number of hydrogen-bond donors (Lipinski definition) is 1. The highest BCUT2D eigenvalue weighted by molar-refractivity contribution is 5.65. The van der Waals surface area contributed by atoms with Crippen LogP contribution in [0.15, 0.2) is 36.7 Å². The number of nitrogens with two attached hydrogens (primary N) is 1. The number of hydrogen-bond acceptors (Lipinski definition) is 4. The van der Waals surface area contributed by atoms with Gasteiger partial charge >= 0.3 is 0 Å². The number of aryl methyl sites for hydroxylation is 1. The van der Waals surface area contributed by atoms with E-state index in [-0.39, 0.29) is 0 Å². The molecule has 0 aliphatic heterocycles. The summed E-state index contributed by atoms with van der Waals surface area (Å²) >= 11 is 0. The summed E-state index contributed by atoms with van der Waals surface area (Å²) < 4.78 is 1.84. The molecule has 0 aliphatic carbocycles. The monoisotopic (exact) mass is 225 g/mol. The van der Waals surface area contributed by atoms with Gasteiger partial charge in [0, 0.05) is 23.6 Å². The molecule has 0 bridgehead atoms. The van der Waals surface area contributed by atoms with Gasteiger partial charge in [-0.15, -0.1) is 10.2 Å². The van der Waals surface area contributed by atoms with Crippen LogP contribution in [0.2, 0.25) is 0 Å². The number of anilines is 1. The first-order valence-electron chi connectivity index (χ1n) is 5.28. The molecule has 2 heterocycles. The molecule has 0 aliphatic rings. The Morgan fingerprint density at radius 2 is 2.12 bits per heavy atom. The molecule has 0 unspecified atom stereocenters. The third-order valence-electron chi connectivity index (χ3n) is 2.73. The van der Waals surface area contributed by atoms with Gasteiger partial charge < -0.3 is 5.73 Å². The third kappa shape index (κ3) is 1.52. The van der Waals surface area contributed by atoms with Crippen molar-refractivity contribution < 1.29 is 0 Å². The number of aromatic nitrogens is 4. The predicted molar refractivity (Wildman–Crippen MR) is 65.4 cm³/mol. The largest absolute Gasteiger partial charge is 0.398 e. The molecule has 5 heteroatoms. The second kappa shape index (κ2) is 3.55. The van der Waals surface area contributed by atoms with Gasteiger partial charge in [-0.1, -0.05) is 12.1 Å². The maximum absolute atomic E-state index is 5.90. The summed E-state index contributed by atoms with van der Waals surface area (Å²) in [7, 11) is 0. The lowest BCUT2D eigenvalue weighted by Gasteiger charge is -2.03. The highest BCUT2D eigenvalue weighted by Crippen LogP contribution is 2.22. The van der Waals surface area contributed by atoms with Crippen molar-refractivity contribution in [3.05, 3.63) is 42.2 Å². The zero-order valence-electron chi connectivity index (χ0n) is 9.33. The quantitative estimate of drug-likeness (QED) is 0.640. The molecule has 0 atom stereocenters. The Hall–Kier alpha value is -2.43. The molecular weight excluding hydrogens is 214 g/mol. The van der Waals surface area contributed by atoms with Gasteiger partial charge in [-0.2, -0.15) is 0 Å². The van der Waals surface area contributed by atoms with Crippen LogP contribution >= 0.6 is 0 Å². The SMILES string of the molecule is Cc1ccc(-c2nnc3ncccn23)cc1N. The molecule has 0 fully saturated rings. The van der Waals surface area contributed by atoms with Crippen LogP contribution in [0.3, 0.4) is 0 Å². The second-order valence-corrected chi connectivity index (χ2v) is 3.88. The van der Waals surface area contributed by atoms with Crippen LogP contribution in [0.1, 0.15) is 5.56 Å². The molecule has 3 aromatic rings. The van der Waals surface area contributed by atoms with Crippen LogP contribution in [0.25, 0.3) is 17.2 Å². The van der Waals surface area contributed by atoms with Crippen LogP contribution in [0, 0.1) is 6.92 Å². The molecule has 5 nitrogen and oxygen atoms in total. The summed E-state index contributed by atoms with van der Waals surface area (Å²) in [4.78, 5) is 4.13. The van der Waals surface area contributed by atoms with Gasteiger partial charge in [-0.3, -0.25) is 4.40 Å². The standard InChI is InChI=1S/C12H11N5/c1-8-3-4-9(7-10(8)13)11-15-16-12-14-5-2-6-17(11)12/h2-7H,13H2,1H3. The van der Waals surface area contributed by atoms with Crippen molar-refractivity contribution in [3.63, 3.8) is 0 Å². The summed E-state index contributed by atoms with van der Waals surface area (Å²) in [6.07, 6.45) is 3.57. The van der Waals surface area contributed by atoms with E-state index in [2.05, 4.69) is 15.2 Å². The lowest BCUT2D eigenvalue weighted by atomic mass is 10.1. The number of benzene rings is 1. The summed E-state index contributed by atoms with van der Waals surface area (Å²) in [5.74, 6) is 1.33. The topological polar surface area (TPSA) is 69.1 Å². The van der Waals surface area contributed by atoms with Crippen molar-refractivity contribution >= 4 is 11.5 Å². The van der Waals surface area contributed by atoms with E-state index in [0.29, 0.717) is 5.78 Å². The molecule has 0 spiro atoms. The fourth-order valence-electron chi connectivity index (χ4n) is 1.72. The average Bonchev–Trinajstić information content (AvgIpc) is 2.76. The van der Waals surface area contributed by atoms with Crippen LogP contribution in [0.4, 0.5) is 5.69 Å². The molecule has 2 aromatic heterocycles. The first-order valence-corrected chi connectivity index (χ1v) is 5.28.